The van der Waals surface area contributed by atoms with Crippen LogP contribution in [-0.2, 0) is 4.79 Å². The molecule has 0 atom stereocenters. The molecule has 30 heavy (non-hydrogen) atoms. The molecule has 3 aromatic carbocycles. The van der Waals surface area contributed by atoms with Gasteiger partial charge in [-0.15, -0.1) is 11.3 Å². The van der Waals surface area contributed by atoms with Crippen molar-refractivity contribution in [2.75, 3.05) is 16.4 Å². The van der Waals surface area contributed by atoms with Crippen LogP contribution < -0.4 is 10.6 Å². The maximum atomic E-state index is 13.3. The van der Waals surface area contributed by atoms with Crippen molar-refractivity contribution >= 4 is 56.5 Å². The normalized spacial score (nSPS) is 10.7. The Morgan fingerprint density at radius 1 is 0.933 bits per heavy atom. The lowest BCUT2D eigenvalue weighted by molar-refractivity contribution is -0.113. The molecule has 0 aliphatic heterocycles. The van der Waals surface area contributed by atoms with Gasteiger partial charge in [-0.2, -0.15) is 0 Å². The molecule has 2 N–H and O–H groups in total. The van der Waals surface area contributed by atoms with Gasteiger partial charge >= 0.3 is 0 Å². The summed E-state index contributed by atoms with van der Waals surface area (Å²) in [5.41, 5.74) is 2.15. The van der Waals surface area contributed by atoms with Crippen LogP contribution in [0.15, 0.2) is 77.1 Å². The SMILES string of the molecule is O=C(CSc1nc2ccccc2s1)Nc1cccc(C(=O)Nc2cccc(F)c2)c1. The van der Waals surface area contributed by atoms with Crippen molar-refractivity contribution in [2.45, 2.75) is 4.34 Å². The number of nitrogens with one attached hydrogen (secondary N) is 2. The molecule has 1 heterocycles. The van der Waals surface area contributed by atoms with Crippen LogP contribution in [0.25, 0.3) is 10.2 Å². The first-order valence-electron chi connectivity index (χ1n) is 9.02. The monoisotopic (exact) mass is 437 g/mol. The number of halogens is 1. The van der Waals surface area contributed by atoms with Crippen LogP contribution in [0.5, 0.6) is 0 Å². The van der Waals surface area contributed by atoms with Crippen LogP contribution in [0, 0.1) is 5.82 Å². The number of hydrogen-bond acceptors (Lipinski definition) is 5. The van der Waals surface area contributed by atoms with E-state index in [4.69, 9.17) is 0 Å². The zero-order chi connectivity index (χ0) is 20.9. The molecule has 0 radical (unpaired) electrons. The second-order valence-corrected chi connectivity index (χ2v) is 8.58. The highest BCUT2D eigenvalue weighted by Crippen LogP contribution is 2.29. The number of thiazole rings is 1. The van der Waals surface area contributed by atoms with E-state index in [0.717, 1.165) is 14.6 Å². The van der Waals surface area contributed by atoms with Gasteiger partial charge in [0, 0.05) is 16.9 Å². The first kappa shape index (κ1) is 20.1. The number of fused-ring (bicyclic) bond motifs is 1. The minimum absolute atomic E-state index is 0.193. The van der Waals surface area contributed by atoms with Gasteiger partial charge in [-0.3, -0.25) is 9.59 Å². The smallest absolute Gasteiger partial charge is 0.255 e. The fourth-order valence-electron chi connectivity index (χ4n) is 2.74. The lowest BCUT2D eigenvalue weighted by Crippen LogP contribution is -2.16. The standard InChI is InChI=1S/C22H16FN3O2S2/c23-15-6-4-8-17(12-15)25-21(28)14-5-3-7-16(11-14)24-20(27)13-29-22-26-18-9-1-2-10-19(18)30-22/h1-12H,13H2,(H,24,27)(H,25,28). The zero-order valence-electron chi connectivity index (χ0n) is 15.6. The average Bonchev–Trinajstić information content (AvgIpc) is 3.15. The van der Waals surface area contributed by atoms with Crippen LogP contribution in [-0.4, -0.2) is 22.6 Å². The quantitative estimate of drug-likeness (QED) is 0.395. The molecule has 0 unspecified atom stereocenters. The van der Waals surface area contributed by atoms with E-state index in [1.54, 1.807) is 41.7 Å². The number of thioether (sulfide) groups is 1. The number of para-hydroxylation sites is 1. The molecule has 0 fully saturated rings. The van der Waals surface area contributed by atoms with Crippen LogP contribution in [0.4, 0.5) is 15.8 Å². The molecular formula is C22H16FN3O2S2. The summed E-state index contributed by atoms with van der Waals surface area (Å²) in [5, 5.41) is 5.43. The highest BCUT2D eigenvalue weighted by atomic mass is 32.2. The van der Waals surface area contributed by atoms with Crippen molar-refractivity contribution in [3.63, 3.8) is 0 Å². The van der Waals surface area contributed by atoms with E-state index in [1.165, 1.54) is 30.0 Å². The van der Waals surface area contributed by atoms with E-state index in [-0.39, 0.29) is 17.6 Å². The molecule has 0 aliphatic carbocycles. The van der Waals surface area contributed by atoms with Gasteiger partial charge in [0.05, 0.1) is 16.0 Å². The zero-order valence-corrected chi connectivity index (χ0v) is 17.2. The largest absolute Gasteiger partial charge is 0.325 e. The Kier molecular flexibility index (Phi) is 6.06. The molecule has 8 heteroatoms. The average molecular weight is 438 g/mol. The number of anilines is 2. The van der Waals surface area contributed by atoms with Crippen molar-refractivity contribution in [1.82, 2.24) is 4.98 Å². The number of rotatable bonds is 6. The predicted octanol–water partition coefficient (Wildman–Crippen LogP) is 5.42. The highest BCUT2D eigenvalue weighted by Gasteiger charge is 2.11. The highest BCUT2D eigenvalue weighted by molar-refractivity contribution is 8.01. The molecule has 0 bridgehead atoms. The van der Waals surface area contributed by atoms with Crippen LogP contribution >= 0.6 is 23.1 Å². The van der Waals surface area contributed by atoms with E-state index in [0.29, 0.717) is 16.9 Å². The van der Waals surface area contributed by atoms with Crippen molar-refractivity contribution in [1.29, 1.82) is 0 Å². The first-order valence-corrected chi connectivity index (χ1v) is 10.8. The first-order chi connectivity index (χ1) is 14.6. The fraction of sp³-hybridized carbons (Fsp3) is 0.0455. The third-order valence-corrected chi connectivity index (χ3v) is 6.27. The van der Waals surface area contributed by atoms with Crippen molar-refractivity contribution in [3.8, 4) is 0 Å². The van der Waals surface area contributed by atoms with Gasteiger partial charge in [-0.1, -0.05) is 36.0 Å². The molecule has 0 saturated carbocycles. The minimum Gasteiger partial charge on any atom is -0.325 e. The topological polar surface area (TPSA) is 71.1 Å². The van der Waals surface area contributed by atoms with E-state index < -0.39 is 5.82 Å². The molecule has 150 valence electrons. The summed E-state index contributed by atoms with van der Waals surface area (Å²) < 4.78 is 15.2. The number of hydrogen-bond donors (Lipinski definition) is 2. The van der Waals surface area contributed by atoms with Gasteiger partial charge in [0.1, 0.15) is 5.82 Å². The number of carbonyl (C=O) groups excluding carboxylic acids is 2. The van der Waals surface area contributed by atoms with Gasteiger partial charge in [0.15, 0.2) is 4.34 Å². The maximum Gasteiger partial charge on any atom is 0.255 e. The molecule has 5 nitrogen and oxygen atoms in total. The number of benzene rings is 3. The summed E-state index contributed by atoms with van der Waals surface area (Å²) in [6.07, 6.45) is 0. The molecule has 4 aromatic rings. The van der Waals surface area contributed by atoms with Gasteiger partial charge in [0.25, 0.3) is 5.91 Å². The summed E-state index contributed by atoms with van der Waals surface area (Å²) in [6, 6.07) is 20.1. The molecule has 2 amide bonds. The molecule has 0 spiro atoms. The number of aromatic nitrogens is 1. The van der Waals surface area contributed by atoms with E-state index >= 15 is 0 Å². The Bertz CT molecular complexity index is 1190. The molecule has 4 rings (SSSR count). The van der Waals surface area contributed by atoms with Crippen LogP contribution in [0.2, 0.25) is 0 Å². The van der Waals surface area contributed by atoms with E-state index in [1.807, 2.05) is 24.3 Å². The summed E-state index contributed by atoms with van der Waals surface area (Å²) in [6.45, 7) is 0. The van der Waals surface area contributed by atoms with Gasteiger partial charge in [0.2, 0.25) is 5.91 Å². The van der Waals surface area contributed by atoms with Gasteiger partial charge < -0.3 is 10.6 Å². The minimum atomic E-state index is -0.431. The lowest BCUT2D eigenvalue weighted by Gasteiger charge is -2.08. The van der Waals surface area contributed by atoms with Crippen LogP contribution in [0.3, 0.4) is 0 Å². The lowest BCUT2D eigenvalue weighted by atomic mass is 10.2. The number of carbonyl (C=O) groups is 2. The number of nitrogens with zero attached hydrogens (tertiary/aromatic N) is 1. The van der Waals surface area contributed by atoms with Gasteiger partial charge in [-0.05, 0) is 48.5 Å². The predicted molar refractivity (Wildman–Crippen MR) is 120 cm³/mol. The summed E-state index contributed by atoms with van der Waals surface area (Å²) in [5.74, 6) is -0.804. The Morgan fingerprint density at radius 3 is 2.50 bits per heavy atom. The molecule has 1 aromatic heterocycles. The third-order valence-electron chi connectivity index (χ3n) is 4.09. The Morgan fingerprint density at radius 2 is 1.70 bits per heavy atom. The third kappa shape index (κ3) is 5.03. The maximum absolute atomic E-state index is 13.3. The second-order valence-electron chi connectivity index (χ2n) is 6.33. The molecular weight excluding hydrogens is 421 g/mol. The van der Waals surface area contributed by atoms with Crippen molar-refractivity contribution in [2.24, 2.45) is 0 Å². The second kappa shape index (κ2) is 9.06. The Hall–Kier alpha value is -3.23. The number of amides is 2. The van der Waals surface area contributed by atoms with Gasteiger partial charge in [-0.25, -0.2) is 9.37 Å². The molecule has 0 saturated heterocycles. The Labute approximate surface area is 180 Å². The summed E-state index contributed by atoms with van der Waals surface area (Å²) >= 11 is 2.91. The van der Waals surface area contributed by atoms with Crippen molar-refractivity contribution < 1.29 is 14.0 Å². The van der Waals surface area contributed by atoms with Crippen LogP contribution in [0.1, 0.15) is 10.4 Å². The fourth-order valence-corrected chi connectivity index (χ4v) is 4.61. The van der Waals surface area contributed by atoms with E-state index in [9.17, 15) is 14.0 Å². The Balaban J connectivity index is 1.36. The summed E-state index contributed by atoms with van der Waals surface area (Å²) in [4.78, 5) is 29.2. The van der Waals surface area contributed by atoms with E-state index in [2.05, 4.69) is 15.6 Å². The molecule has 0 aliphatic rings. The summed E-state index contributed by atoms with van der Waals surface area (Å²) in [7, 11) is 0. The van der Waals surface area contributed by atoms with Crippen molar-refractivity contribution in [3.05, 3.63) is 84.2 Å².